The van der Waals surface area contributed by atoms with Crippen molar-refractivity contribution >= 4 is 6.09 Å². The number of aliphatic hydroxyl groups excluding tert-OH is 1. The quantitative estimate of drug-likeness (QED) is 0.748. The summed E-state index contributed by atoms with van der Waals surface area (Å²) in [5.41, 5.74) is -0.469. The first-order valence-corrected chi connectivity index (χ1v) is 5.99. The second-order valence-corrected chi connectivity index (χ2v) is 5.45. The molecule has 4 heteroatoms. The number of rotatable bonds is 1. The Morgan fingerprint density at radius 2 is 2.12 bits per heavy atom. The Bertz CT molecular complexity index is 247. The summed E-state index contributed by atoms with van der Waals surface area (Å²) in [6.07, 6.45) is 1.09. The van der Waals surface area contributed by atoms with Crippen LogP contribution >= 0.6 is 0 Å². The molecule has 0 saturated carbocycles. The fourth-order valence-corrected chi connectivity index (χ4v) is 1.95. The molecule has 0 aromatic heterocycles. The number of hydrogen-bond acceptors (Lipinski definition) is 3. The number of hydrogen-bond donors (Lipinski definition) is 1. The standard InChI is InChI=1S/C12H23NO3/c1-5-9-6-7-13(8-10(9)14)11(15)16-12(2,3)4/h9-10,14H,5-8H2,1-4H3/t9-,10+/m0/s1. The second-order valence-electron chi connectivity index (χ2n) is 5.45. The van der Waals surface area contributed by atoms with Crippen LogP contribution in [-0.2, 0) is 4.74 Å². The Kier molecular flexibility index (Phi) is 4.19. The molecular formula is C12H23NO3. The second kappa shape index (κ2) is 5.04. The van der Waals surface area contributed by atoms with Gasteiger partial charge in [0.2, 0.25) is 0 Å². The van der Waals surface area contributed by atoms with E-state index in [1.165, 1.54) is 0 Å². The summed E-state index contributed by atoms with van der Waals surface area (Å²) >= 11 is 0. The number of carbonyl (C=O) groups is 1. The molecule has 1 aliphatic rings. The molecule has 1 fully saturated rings. The Hall–Kier alpha value is -0.770. The molecule has 0 aromatic carbocycles. The van der Waals surface area contributed by atoms with Gasteiger partial charge in [-0.1, -0.05) is 13.3 Å². The Labute approximate surface area is 97.6 Å². The third-order valence-electron chi connectivity index (χ3n) is 2.90. The SMILES string of the molecule is CC[C@H]1CCN(C(=O)OC(C)(C)C)C[C@H]1O. The third-order valence-corrected chi connectivity index (χ3v) is 2.90. The van der Waals surface area contributed by atoms with Gasteiger partial charge >= 0.3 is 6.09 Å². The maximum Gasteiger partial charge on any atom is 0.410 e. The van der Waals surface area contributed by atoms with Gasteiger partial charge in [0.15, 0.2) is 0 Å². The highest BCUT2D eigenvalue weighted by Gasteiger charge is 2.31. The average molecular weight is 229 g/mol. The van der Waals surface area contributed by atoms with E-state index in [1.807, 2.05) is 20.8 Å². The first-order valence-electron chi connectivity index (χ1n) is 5.99. The summed E-state index contributed by atoms with van der Waals surface area (Å²) in [7, 11) is 0. The van der Waals surface area contributed by atoms with Gasteiger partial charge in [-0.3, -0.25) is 0 Å². The van der Waals surface area contributed by atoms with Crippen molar-refractivity contribution in [2.24, 2.45) is 5.92 Å². The van der Waals surface area contributed by atoms with Gasteiger partial charge in [0.1, 0.15) is 5.60 Å². The van der Waals surface area contributed by atoms with Gasteiger partial charge in [0.25, 0.3) is 0 Å². The predicted octanol–water partition coefficient (Wildman–Crippen LogP) is 2.01. The van der Waals surface area contributed by atoms with E-state index in [9.17, 15) is 9.90 Å². The van der Waals surface area contributed by atoms with Gasteiger partial charge in [0, 0.05) is 6.54 Å². The molecule has 0 aliphatic carbocycles. The summed E-state index contributed by atoms with van der Waals surface area (Å²) < 4.78 is 5.27. The lowest BCUT2D eigenvalue weighted by atomic mass is 9.92. The average Bonchev–Trinajstić information content (AvgIpc) is 2.15. The van der Waals surface area contributed by atoms with Crippen LogP contribution in [0.3, 0.4) is 0 Å². The highest BCUT2D eigenvalue weighted by atomic mass is 16.6. The van der Waals surface area contributed by atoms with E-state index in [0.29, 0.717) is 19.0 Å². The van der Waals surface area contributed by atoms with Crippen LogP contribution in [0.4, 0.5) is 4.79 Å². The lowest BCUT2D eigenvalue weighted by molar-refractivity contribution is -0.0132. The minimum absolute atomic E-state index is 0.318. The molecule has 16 heavy (non-hydrogen) atoms. The van der Waals surface area contributed by atoms with Crippen molar-refractivity contribution in [3.05, 3.63) is 0 Å². The van der Waals surface area contributed by atoms with Gasteiger partial charge in [-0.2, -0.15) is 0 Å². The van der Waals surface area contributed by atoms with Crippen LogP contribution in [-0.4, -0.2) is 40.9 Å². The first kappa shape index (κ1) is 13.3. The molecule has 1 amide bonds. The van der Waals surface area contributed by atoms with Gasteiger partial charge in [0.05, 0.1) is 12.6 Å². The van der Waals surface area contributed by atoms with Crippen molar-refractivity contribution in [1.82, 2.24) is 4.90 Å². The van der Waals surface area contributed by atoms with Crippen molar-refractivity contribution in [3.8, 4) is 0 Å². The van der Waals surface area contributed by atoms with Crippen LogP contribution in [0, 0.1) is 5.92 Å². The lowest BCUT2D eigenvalue weighted by Crippen LogP contribution is -2.48. The molecule has 1 rings (SSSR count). The van der Waals surface area contributed by atoms with Crippen molar-refractivity contribution in [3.63, 3.8) is 0 Å². The smallest absolute Gasteiger partial charge is 0.410 e. The lowest BCUT2D eigenvalue weighted by Gasteiger charge is -2.36. The summed E-state index contributed by atoms with van der Waals surface area (Å²) in [5.74, 6) is 0.318. The van der Waals surface area contributed by atoms with Crippen molar-refractivity contribution in [2.75, 3.05) is 13.1 Å². The maximum absolute atomic E-state index is 11.7. The van der Waals surface area contributed by atoms with Crippen LogP contribution in [0.1, 0.15) is 40.5 Å². The van der Waals surface area contributed by atoms with E-state index in [4.69, 9.17) is 4.74 Å². The van der Waals surface area contributed by atoms with Crippen molar-refractivity contribution in [1.29, 1.82) is 0 Å². The van der Waals surface area contributed by atoms with Crippen LogP contribution in [0.15, 0.2) is 0 Å². The fourth-order valence-electron chi connectivity index (χ4n) is 1.95. The molecule has 1 N–H and O–H groups in total. The van der Waals surface area contributed by atoms with E-state index in [0.717, 1.165) is 12.8 Å². The maximum atomic E-state index is 11.7. The topological polar surface area (TPSA) is 49.8 Å². The zero-order chi connectivity index (χ0) is 12.3. The third kappa shape index (κ3) is 3.67. The largest absolute Gasteiger partial charge is 0.444 e. The zero-order valence-corrected chi connectivity index (χ0v) is 10.7. The monoisotopic (exact) mass is 229 g/mol. The number of amides is 1. The highest BCUT2D eigenvalue weighted by Crippen LogP contribution is 2.22. The molecule has 1 heterocycles. The summed E-state index contributed by atoms with van der Waals surface area (Å²) in [5, 5.41) is 9.84. The van der Waals surface area contributed by atoms with E-state index in [-0.39, 0.29) is 6.09 Å². The zero-order valence-electron chi connectivity index (χ0n) is 10.7. The molecule has 2 atom stereocenters. The van der Waals surface area contributed by atoms with E-state index < -0.39 is 11.7 Å². The van der Waals surface area contributed by atoms with E-state index in [2.05, 4.69) is 6.92 Å². The normalized spacial score (nSPS) is 26.7. The Balaban J connectivity index is 2.48. The minimum atomic E-state index is -0.469. The molecular weight excluding hydrogens is 206 g/mol. The van der Waals surface area contributed by atoms with Gasteiger partial charge in [-0.25, -0.2) is 4.79 Å². The van der Waals surface area contributed by atoms with Crippen LogP contribution in [0.25, 0.3) is 0 Å². The Morgan fingerprint density at radius 1 is 1.50 bits per heavy atom. The van der Waals surface area contributed by atoms with Crippen LogP contribution in [0.5, 0.6) is 0 Å². The molecule has 0 bridgehead atoms. The fraction of sp³-hybridized carbons (Fsp3) is 0.917. The number of piperidine rings is 1. The Morgan fingerprint density at radius 3 is 2.56 bits per heavy atom. The summed E-state index contributed by atoms with van der Waals surface area (Å²) in [6.45, 7) is 8.69. The highest BCUT2D eigenvalue weighted by molar-refractivity contribution is 5.68. The van der Waals surface area contributed by atoms with E-state index in [1.54, 1.807) is 4.90 Å². The first-order chi connectivity index (χ1) is 7.33. The molecule has 0 aromatic rings. The van der Waals surface area contributed by atoms with Crippen LogP contribution in [0.2, 0.25) is 0 Å². The van der Waals surface area contributed by atoms with Crippen molar-refractivity contribution in [2.45, 2.75) is 52.2 Å². The van der Waals surface area contributed by atoms with Gasteiger partial charge in [-0.05, 0) is 33.1 Å². The number of nitrogens with zero attached hydrogens (tertiary/aromatic N) is 1. The number of β-amino-alcohol motifs (C(OH)–C–C–N with tert-alkyl or cyclic N) is 1. The molecule has 1 aliphatic heterocycles. The molecule has 0 spiro atoms. The summed E-state index contributed by atoms with van der Waals surface area (Å²) in [4.78, 5) is 13.3. The molecule has 1 saturated heterocycles. The predicted molar refractivity (Wildman–Crippen MR) is 62.2 cm³/mol. The number of ether oxygens (including phenoxy) is 1. The van der Waals surface area contributed by atoms with E-state index >= 15 is 0 Å². The van der Waals surface area contributed by atoms with Gasteiger partial charge in [-0.15, -0.1) is 0 Å². The van der Waals surface area contributed by atoms with Crippen molar-refractivity contribution < 1.29 is 14.6 Å². The molecule has 0 unspecified atom stereocenters. The minimum Gasteiger partial charge on any atom is -0.444 e. The van der Waals surface area contributed by atoms with Gasteiger partial charge < -0.3 is 14.7 Å². The molecule has 0 radical (unpaired) electrons. The number of aliphatic hydroxyl groups is 1. The molecule has 94 valence electrons. The van der Waals surface area contributed by atoms with Crippen LogP contribution < -0.4 is 0 Å². The number of carbonyl (C=O) groups excluding carboxylic acids is 1. The summed E-state index contributed by atoms with van der Waals surface area (Å²) in [6, 6.07) is 0. The molecule has 4 nitrogen and oxygen atoms in total. The number of likely N-dealkylation sites (tertiary alicyclic amines) is 1.